The molecular weight excluding hydrogens is 268 g/mol. The van der Waals surface area contributed by atoms with Crippen molar-refractivity contribution in [3.05, 3.63) is 0 Å². The van der Waals surface area contributed by atoms with E-state index in [1.54, 1.807) is 0 Å². The van der Waals surface area contributed by atoms with E-state index in [1.165, 1.54) is 25.7 Å². The van der Waals surface area contributed by atoms with E-state index in [0.29, 0.717) is 0 Å². The zero-order valence-electron chi connectivity index (χ0n) is 13.7. The molecule has 0 aliphatic heterocycles. The molecule has 0 aromatic heterocycles. The van der Waals surface area contributed by atoms with Crippen molar-refractivity contribution in [2.75, 3.05) is 32.8 Å². The van der Waals surface area contributed by atoms with E-state index >= 15 is 0 Å². The summed E-state index contributed by atoms with van der Waals surface area (Å²) in [4.78, 5) is 0. The summed E-state index contributed by atoms with van der Waals surface area (Å²) in [6.45, 7) is 9.07. The summed E-state index contributed by atoms with van der Waals surface area (Å²) in [6.07, 6.45) is 8.19. The van der Waals surface area contributed by atoms with Crippen LogP contribution in [0, 0.1) is 0 Å². The average Bonchev–Trinajstić information content (AvgIpc) is 2.46. The van der Waals surface area contributed by atoms with Gasteiger partial charge in [0.25, 0.3) is 0 Å². The lowest BCUT2D eigenvalue weighted by Crippen LogP contribution is -2.25. The van der Waals surface area contributed by atoms with Crippen molar-refractivity contribution in [1.29, 1.82) is 0 Å². The highest BCUT2D eigenvalue weighted by molar-refractivity contribution is 6.44. The quantitative estimate of drug-likeness (QED) is 0.340. The van der Waals surface area contributed by atoms with Crippen LogP contribution in [-0.2, 0) is 8.85 Å². The van der Waals surface area contributed by atoms with Crippen molar-refractivity contribution in [3.63, 3.8) is 0 Å². The molecule has 0 atom stereocenters. The van der Waals surface area contributed by atoms with Gasteiger partial charge in [0.05, 0.1) is 0 Å². The Hall–Kier alpha value is 0.0569. The smallest absolute Gasteiger partial charge is 0.321 e. The molecule has 4 nitrogen and oxygen atoms in total. The molecule has 0 fully saturated rings. The molecule has 0 saturated carbocycles. The van der Waals surface area contributed by atoms with E-state index in [0.717, 1.165) is 58.2 Å². The minimum absolute atomic E-state index is 0.776. The monoisotopic (exact) mass is 304 g/mol. The number of nitrogens with two attached hydrogens (primary N) is 1. The van der Waals surface area contributed by atoms with E-state index < -0.39 is 9.28 Å². The first-order valence-corrected chi connectivity index (χ1v) is 10.2. The van der Waals surface area contributed by atoms with Gasteiger partial charge in [-0.05, 0) is 51.4 Å². The molecule has 0 aromatic carbocycles. The zero-order chi connectivity index (χ0) is 14.9. The summed E-state index contributed by atoms with van der Waals surface area (Å²) in [6, 6.07) is 1.14. The molecule has 20 heavy (non-hydrogen) atoms. The van der Waals surface area contributed by atoms with Crippen molar-refractivity contribution >= 4 is 9.28 Å². The minimum atomic E-state index is -1.41. The van der Waals surface area contributed by atoms with E-state index in [2.05, 4.69) is 19.2 Å². The number of hydrogen-bond donors (Lipinski definition) is 2. The van der Waals surface area contributed by atoms with Gasteiger partial charge in [-0.3, -0.25) is 0 Å². The van der Waals surface area contributed by atoms with Gasteiger partial charge < -0.3 is 19.9 Å². The molecule has 0 radical (unpaired) electrons. The van der Waals surface area contributed by atoms with E-state index in [-0.39, 0.29) is 0 Å². The molecule has 0 aromatic rings. The first-order valence-electron chi connectivity index (χ1n) is 8.49. The maximum Gasteiger partial charge on any atom is 0.321 e. The molecule has 5 heteroatoms. The molecule has 0 heterocycles. The number of rotatable bonds is 16. The molecule has 0 aliphatic rings. The normalized spacial score (nSPS) is 11.4. The van der Waals surface area contributed by atoms with Crippen LogP contribution < -0.4 is 11.1 Å². The highest BCUT2D eigenvalue weighted by atomic mass is 28.3. The van der Waals surface area contributed by atoms with Crippen LogP contribution in [-0.4, -0.2) is 42.1 Å². The van der Waals surface area contributed by atoms with Crippen LogP contribution in [0.1, 0.15) is 58.8 Å². The summed E-state index contributed by atoms with van der Waals surface area (Å²) in [5.41, 5.74) is 5.46. The highest BCUT2D eigenvalue weighted by Crippen LogP contribution is 2.06. The van der Waals surface area contributed by atoms with E-state index in [4.69, 9.17) is 14.6 Å². The van der Waals surface area contributed by atoms with Gasteiger partial charge in [-0.25, -0.2) is 0 Å². The summed E-state index contributed by atoms with van der Waals surface area (Å²) in [5.74, 6) is 0. The second-order valence-electron chi connectivity index (χ2n) is 5.27. The second-order valence-corrected chi connectivity index (χ2v) is 7.37. The number of nitrogens with one attached hydrogen (secondary N) is 1. The zero-order valence-corrected chi connectivity index (χ0v) is 14.8. The van der Waals surface area contributed by atoms with Crippen molar-refractivity contribution in [3.8, 4) is 0 Å². The van der Waals surface area contributed by atoms with Gasteiger partial charge in [-0.2, -0.15) is 0 Å². The Kier molecular flexibility index (Phi) is 17.2. The maximum atomic E-state index is 5.95. The van der Waals surface area contributed by atoms with Crippen molar-refractivity contribution < 1.29 is 8.85 Å². The molecular formula is C15H36N2O2Si. The van der Waals surface area contributed by atoms with Crippen LogP contribution in [0.5, 0.6) is 0 Å². The summed E-state index contributed by atoms with van der Waals surface area (Å²) in [5, 5.41) is 3.42. The van der Waals surface area contributed by atoms with Crippen LogP contribution in [0.25, 0.3) is 0 Å². The fourth-order valence-electron chi connectivity index (χ4n) is 1.85. The van der Waals surface area contributed by atoms with Gasteiger partial charge in [0, 0.05) is 13.2 Å². The van der Waals surface area contributed by atoms with Crippen LogP contribution in [0.15, 0.2) is 0 Å². The molecule has 0 rings (SSSR count). The van der Waals surface area contributed by atoms with E-state index in [9.17, 15) is 0 Å². The van der Waals surface area contributed by atoms with Gasteiger partial charge in [0.15, 0.2) is 0 Å². The van der Waals surface area contributed by atoms with Crippen molar-refractivity contribution in [1.82, 2.24) is 5.32 Å². The molecule has 0 spiro atoms. The van der Waals surface area contributed by atoms with E-state index in [1.807, 2.05) is 0 Å². The maximum absolute atomic E-state index is 5.95. The first-order chi connectivity index (χ1) is 9.85. The predicted molar refractivity (Wildman–Crippen MR) is 89.5 cm³/mol. The standard InChI is InChI=1S/C15H36N2O2Si/c1-3-5-13-18-20(19-14-6-4-2)15-8-7-11-17-12-9-10-16/h17,20H,3-16H2,1-2H3. The molecule has 3 N–H and O–H groups in total. The highest BCUT2D eigenvalue weighted by Gasteiger charge is 2.12. The molecule has 0 amide bonds. The third-order valence-corrected chi connectivity index (χ3v) is 5.30. The van der Waals surface area contributed by atoms with Crippen LogP contribution in [0.4, 0.5) is 0 Å². The topological polar surface area (TPSA) is 56.5 Å². The predicted octanol–water partition coefficient (Wildman–Crippen LogP) is 2.56. The van der Waals surface area contributed by atoms with Gasteiger partial charge in [0.1, 0.15) is 0 Å². The molecule has 0 saturated heterocycles. The van der Waals surface area contributed by atoms with Gasteiger partial charge in [0.2, 0.25) is 0 Å². The Morgan fingerprint density at radius 2 is 1.45 bits per heavy atom. The summed E-state index contributed by atoms with van der Waals surface area (Å²) >= 11 is 0. The Labute approximate surface area is 127 Å². The van der Waals surface area contributed by atoms with Gasteiger partial charge in [-0.15, -0.1) is 0 Å². The lowest BCUT2D eigenvalue weighted by molar-refractivity contribution is 0.190. The summed E-state index contributed by atoms with van der Waals surface area (Å²) in [7, 11) is -1.41. The Morgan fingerprint density at radius 3 is 2.00 bits per heavy atom. The third kappa shape index (κ3) is 14.5. The molecule has 0 unspecified atom stereocenters. The molecule has 0 aliphatic carbocycles. The van der Waals surface area contributed by atoms with Crippen molar-refractivity contribution in [2.24, 2.45) is 5.73 Å². The second kappa shape index (κ2) is 17.1. The largest absolute Gasteiger partial charge is 0.397 e. The Morgan fingerprint density at radius 1 is 0.850 bits per heavy atom. The first kappa shape index (κ1) is 20.1. The van der Waals surface area contributed by atoms with Crippen LogP contribution >= 0.6 is 0 Å². The lowest BCUT2D eigenvalue weighted by Gasteiger charge is -2.16. The molecule has 0 bridgehead atoms. The summed E-state index contributed by atoms with van der Waals surface area (Å²) < 4.78 is 11.9. The minimum Gasteiger partial charge on any atom is -0.397 e. The van der Waals surface area contributed by atoms with Gasteiger partial charge in [-0.1, -0.05) is 33.1 Å². The van der Waals surface area contributed by atoms with Crippen LogP contribution in [0.2, 0.25) is 6.04 Å². The number of hydrogen-bond acceptors (Lipinski definition) is 4. The number of unbranched alkanes of at least 4 members (excludes halogenated alkanes) is 3. The van der Waals surface area contributed by atoms with Crippen molar-refractivity contribution in [2.45, 2.75) is 64.8 Å². The molecule has 122 valence electrons. The van der Waals surface area contributed by atoms with Gasteiger partial charge >= 0.3 is 9.28 Å². The van der Waals surface area contributed by atoms with Crippen LogP contribution in [0.3, 0.4) is 0 Å². The lowest BCUT2D eigenvalue weighted by atomic mass is 10.3. The fourth-order valence-corrected chi connectivity index (χ4v) is 3.76. The SMILES string of the molecule is CCCCO[SiH](CCCCNCCCN)OCCCC. The Balaban J connectivity index is 3.56. The average molecular weight is 305 g/mol. The fraction of sp³-hybridized carbons (Fsp3) is 1.00. The third-order valence-electron chi connectivity index (χ3n) is 3.20. The Bertz CT molecular complexity index is 175.